The molecule has 1 aromatic rings. The number of nitrogens with zero attached hydrogens (tertiary/aromatic N) is 2. The highest BCUT2D eigenvalue weighted by Crippen LogP contribution is 2.33. The molecule has 28 heavy (non-hydrogen) atoms. The molecule has 1 amide bonds. The van der Waals surface area contributed by atoms with Crippen LogP contribution < -0.4 is 20.1 Å². The summed E-state index contributed by atoms with van der Waals surface area (Å²) >= 11 is 0. The molecule has 0 bridgehead atoms. The van der Waals surface area contributed by atoms with Gasteiger partial charge < -0.3 is 29.7 Å². The minimum atomic E-state index is -0.0102. The van der Waals surface area contributed by atoms with Crippen molar-refractivity contribution in [3.8, 4) is 11.5 Å². The number of guanidine groups is 1. The topological polar surface area (TPSA) is 84.4 Å². The summed E-state index contributed by atoms with van der Waals surface area (Å²) in [5, 5.41) is 6.46. The number of amides is 1. The van der Waals surface area contributed by atoms with Gasteiger partial charge in [0, 0.05) is 45.1 Å². The summed E-state index contributed by atoms with van der Waals surface area (Å²) in [5.74, 6) is 2.58. The number of carbonyl (C=O) groups is 1. The van der Waals surface area contributed by atoms with E-state index in [9.17, 15) is 4.79 Å². The number of rotatable bonds is 6. The van der Waals surface area contributed by atoms with Crippen molar-refractivity contribution in [2.75, 3.05) is 53.6 Å². The Balaban J connectivity index is 1.67. The molecule has 0 spiro atoms. The second-order valence-corrected chi connectivity index (χ2v) is 7.21. The van der Waals surface area contributed by atoms with Gasteiger partial charge in [0.25, 0.3) is 0 Å². The van der Waals surface area contributed by atoms with E-state index in [4.69, 9.17) is 14.2 Å². The first kappa shape index (κ1) is 20.3. The molecule has 2 N–H and O–H groups in total. The predicted octanol–water partition coefficient (Wildman–Crippen LogP) is 1.01. The van der Waals surface area contributed by atoms with E-state index in [-0.39, 0.29) is 12.5 Å². The van der Waals surface area contributed by atoms with Crippen LogP contribution in [0.4, 0.5) is 0 Å². The van der Waals surface area contributed by atoms with Crippen LogP contribution in [0.5, 0.6) is 11.5 Å². The number of nitrogens with one attached hydrogen (secondary N) is 2. The Labute approximate surface area is 166 Å². The standard InChI is InChI=1S/C20H30N4O4/c1-24(2)18(25)13-23-20(21-11-15-7-10-26-14-15)22-12-16-5-3-6-17-19(16)28-9-4-8-27-17/h3,5-6,15H,4,7-14H2,1-2H3,(H2,21,22,23). The van der Waals surface area contributed by atoms with Crippen molar-refractivity contribution in [3.63, 3.8) is 0 Å². The summed E-state index contributed by atoms with van der Waals surface area (Å²) in [7, 11) is 3.47. The maximum absolute atomic E-state index is 11.9. The summed E-state index contributed by atoms with van der Waals surface area (Å²) < 4.78 is 17.0. The van der Waals surface area contributed by atoms with Crippen molar-refractivity contribution < 1.29 is 19.0 Å². The van der Waals surface area contributed by atoms with Gasteiger partial charge in [0.05, 0.1) is 32.9 Å². The highest BCUT2D eigenvalue weighted by molar-refractivity contribution is 5.86. The molecule has 0 aliphatic carbocycles. The molecule has 1 aromatic carbocycles. The molecule has 2 aliphatic heterocycles. The first-order chi connectivity index (χ1) is 13.6. The number of aliphatic imine (C=N–C) groups is 1. The smallest absolute Gasteiger partial charge is 0.241 e. The van der Waals surface area contributed by atoms with Crippen LogP contribution in [0, 0.1) is 5.92 Å². The molecule has 2 heterocycles. The van der Waals surface area contributed by atoms with E-state index in [0.29, 0.717) is 31.6 Å². The summed E-state index contributed by atoms with van der Waals surface area (Å²) in [6, 6.07) is 5.86. The lowest BCUT2D eigenvalue weighted by Gasteiger charge is -2.17. The maximum atomic E-state index is 11.9. The van der Waals surface area contributed by atoms with Gasteiger partial charge in [-0.1, -0.05) is 12.1 Å². The average Bonchev–Trinajstić information content (AvgIpc) is 3.10. The van der Waals surface area contributed by atoms with Crippen molar-refractivity contribution in [2.24, 2.45) is 10.9 Å². The van der Waals surface area contributed by atoms with Gasteiger partial charge in [0.2, 0.25) is 5.91 Å². The van der Waals surface area contributed by atoms with Crippen LogP contribution in [-0.4, -0.2) is 70.4 Å². The number of ether oxygens (including phenoxy) is 3. The summed E-state index contributed by atoms with van der Waals surface area (Å²) in [6.07, 6.45) is 1.90. The third kappa shape index (κ3) is 5.76. The van der Waals surface area contributed by atoms with Crippen molar-refractivity contribution in [1.82, 2.24) is 15.5 Å². The number of para-hydroxylation sites is 1. The summed E-state index contributed by atoms with van der Waals surface area (Å²) in [4.78, 5) is 18.2. The second-order valence-electron chi connectivity index (χ2n) is 7.21. The number of fused-ring (bicyclic) bond motifs is 1. The Morgan fingerprint density at radius 3 is 2.86 bits per heavy atom. The molecular weight excluding hydrogens is 360 g/mol. The molecule has 0 aromatic heterocycles. The van der Waals surface area contributed by atoms with E-state index in [0.717, 1.165) is 49.7 Å². The van der Waals surface area contributed by atoms with E-state index in [1.165, 1.54) is 0 Å². The van der Waals surface area contributed by atoms with Gasteiger partial charge >= 0.3 is 0 Å². The maximum Gasteiger partial charge on any atom is 0.241 e. The van der Waals surface area contributed by atoms with E-state index in [1.807, 2.05) is 18.2 Å². The van der Waals surface area contributed by atoms with Gasteiger partial charge in [-0.3, -0.25) is 4.79 Å². The summed E-state index contributed by atoms with van der Waals surface area (Å²) in [5.41, 5.74) is 0.962. The molecule has 1 atom stereocenters. The molecule has 0 saturated carbocycles. The highest BCUT2D eigenvalue weighted by Gasteiger charge is 2.17. The Morgan fingerprint density at radius 1 is 1.21 bits per heavy atom. The van der Waals surface area contributed by atoms with Crippen LogP contribution >= 0.6 is 0 Å². The third-order valence-electron chi connectivity index (χ3n) is 4.75. The fraction of sp³-hybridized carbons (Fsp3) is 0.600. The number of hydrogen-bond acceptors (Lipinski definition) is 5. The van der Waals surface area contributed by atoms with Gasteiger partial charge in [-0.2, -0.15) is 0 Å². The zero-order valence-electron chi connectivity index (χ0n) is 16.7. The Hall–Kier alpha value is -2.48. The average molecular weight is 390 g/mol. The van der Waals surface area contributed by atoms with Gasteiger partial charge in [0.15, 0.2) is 17.5 Å². The van der Waals surface area contributed by atoms with Crippen LogP contribution in [0.3, 0.4) is 0 Å². The zero-order valence-corrected chi connectivity index (χ0v) is 16.7. The Morgan fingerprint density at radius 2 is 2.07 bits per heavy atom. The Kier molecular flexibility index (Phi) is 7.36. The number of benzene rings is 1. The zero-order chi connectivity index (χ0) is 19.8. The quantitative estimate of drug-likeness (QED) is 0.557. The molecule has 8 nitrogen and oxygen atoms in total. The molecule has 1 saturated heterocycles. The van der Waals surface area contributed by atoms with E-state index >= 15 is 0 Å². The first-order valence-corrected chi connectivity index (χ1v) is 9.81. The first-order valence-electron chi connectivity index (χ1n) is 9.81. The van der Waals surface area contributed by atoms with Gasteiger partial charge in [0.1, 0.15) is 0 Å². The lowest BCUT2D eigenvalue weighted by molar-refractivity contribution is -0.127. The molecular formula is C20H30N4O4. The van der Waals surface area contributed by atoms with Crippen LogP contribution in [0.2, 0.25) is 0 Å². The normalized spacial score (nSPS) is 19.1. The van der Waals surface area contributed by atoms with Crippen molar-refractivity contribution in [3.05, 3.63) is 23.8 Å². The van der Waals surface area contributed by atoms with Crippen LogP contribution in [0.15, 0.2) is 23.2 Å². The fourth-order valence-electron chi connectivity index (χ4n) is 3.02. The third-order valence-corrected chi connectivity index (χ3v) is 4.75. The molecule has 8 heteroatoms. The highest BCUT2D eigenvalue weighted by atomic mass is 16.5. The Bertz CT molecular complexity index is 687. The summed E-state index contributed by atoms with van der Waals surface area (Å²) in [6.45, 7) is 4.23. The minimum absolute atomic E-state index is 0.0102. The van der Waals surface area contributed by atoms with Crippen LogP contribution in [0.1, 0.15) is 18.4 Å². The molecule has 3 rings (SSSR count). The van der Waals surface area contributed by atoms with Gasteiger partial charge in [-0.15, -0.1) is 0 Å². The van der Waals surface area contributed by atoms with Crippen LogP contribution in [-0.2, 0) is 16.1 Å². The second kappa shape index (κ2) is 10.2. The lowest BCUT2D eigenvalue weighted by Crippen LogP contribution is -2.44. The number of hydrogen-bond donors (Lipinski definition) is 2. The van der Waals surface area contributed by atoms with Crippen molar-refractivity contribution in [2.45, 2.75) is 19.4 Å². The SMILES string of the molecule is CN(C)C(=O)CNC(=NCc1cccc2c1OCCCO2)NCC1CCOC1. The minimum Gasteiger partial charge on any atom is -0.490 e. The molecule has 1 unspecified atom stereocenters. The predicted molar refractivity (Wildman–Crippen MR) is 107 cm³/mol. The van der Waals surface area contributed by atoms with E-state index in [2.05, 4.69) is 15.6 Å². The fourth-order valence-corrected chi connectivity index (χ4v) is 3.02. The monoisotopic (exact) mass is 390 g/mol. The van der Waals surface area contributed by atoms with Crippen molar-refractivity contribution in [1.29, 1.82) is 0 Å². The van der Waals surface area contributed by atoms with Gasteiger partial charge in [-0.25, -0.2) is 4.99 Å². The number of carbonyl (C=O) groups excluding carboxylic acids is 1. The molecule has 2 aliphatic rings. The van der Waals surface area contributed by atoms with Crippen molar-refractivity contribution >= 4 is 11.9 Å². The van der Waals surface area contributed by atoms with Crippen LogP contribution in [0.25, 0.3) is 0 Å². The molecule has 0 radical (unpaired) electrons. The lowest BCUT2D eigenvalue weighted by atomic mass is 10.1. The van der Waals surface area contributed by atoms with E-state index in [1.54, 1.807) is 19.0 Å². The molecule has 1 fully saturated rings. The molecule has 154 valence electrons. The van der Waals surface area contributed by atoms with Gasteiger partial charge in [-0.05, 0) is 12.5 Å². The van der Waals surface area contributed by atoms with E-state index < -0.39 is 0 Å². The number of likely N-dealkylation sites (N-methyl/N-ethyl adjacent to an activating group) is 1. The largest absolute Gasteiger partial charge is 0.490 e.